The molecule has 0 amide bonds. The third kappa shape index (κ3) is 3.99. The first-order valence-corrected chi connectivity index (χ1v) is 37.6. The van der Waals surface area contributed by atoms with Crippen LogP contribution in [0.4, 0.5) is 0 Å². The van der Waals surface area contributed by atoms with Crippen LogP contribution < -0.4 is 0 Å². The summed E-state index contributed by atoms with van der Waals surface area (Å²) in [5, 5.41) is 3.71. The molecule has 52 heavy (non-hydrogen) atoms. The van der Waals surface area contributed by atoms with Gasteiger partial charge in [-0.15, -0.1) is 0 Å². The predicted molar refractivity (Wildman–Crippen MR) is 269 cm³/mol. The van der Waals surface area contributed by atoms with Crippen LogP contribution in [0.3, 0.4) is 0 Å². The molecule has 8 saturated heterocycles. The van der Waals surface area contributed by atoms with Crippen LogP contribution in [0, 0.1) is 43.3 Å². The van der Waals surface area contributed by atoms with Gasteiger partial charge in [0, 0.05) is 21.9 Å². The second kappa shape index (κ2) is 10.9. The first-order chi connectivity index (χ1) is 22.6. The summed E-state index contributed by atoms with van der Waals surface area (Å²) < 4.78 is 1.15. The maximum Gasteiger partial charge on any atom is 0.0619 e. The molecule has 0 aliphatic carbocycles. The number of hydrogen-bond donors (Lipinski definition) is 0. The van der Waals surface area contributed by atoms with Gasteiger partial charge >= 0.3 is 0 Å². The van der Waals surface area contributed by atoms with Gasteiger partial charge in [-0.2, -0.15) is 0 Å². The second-order valence-electron chi connectivity index (χ2n) is 25.6. The minimum absolute atomic E-state index is 0.110. The SMILES string of the molecule is CC(C)(C)C1=P[C@]2(C(C)(C)C)[P@]3[P@]4P[C@]2(C(C)(C)C)[P@]1(=S)[C@@]34C(C)(C)C.CC(C)(C)C1=P[C@]2(C(C)(C)C)[P@]3[P@]4P[C@]2(C(C)(C)C)[P@]1(=S)[C@@]34C(C)(C)C. The molecule has 0 nitrogen and oxygen atoms in total. The summed E-state index contributed by atoms with van der Waals surface area (Å²) in [7, 11) is 6.39. The van der Waals surface area contributed by atoms with E-state index in [1.807, 2.05) is 10.1 Å². The summed E-state index contributed by atoms with van der Waals surface area (Å²) in [5.74, 6) is 0. The van der Waals surface area contributed by atoms with Crippen molar-refractivity contribution in [2.45, 2.75) is 195 Å². The number of rotatable bonds is 0. The molecule has 0 aromatic carbocycles. The zero-order chi connectivity index (χ0) is 40.3. The highest BCUT2D eigenvalue weighted by Gasteiger charge is 3.05. The standard InChI is InChI=1S/2C20H37P5S/c2*1-14(2,3)13-21-18(15(4,5)6)19(16(7,8)9)22-24-20(23(18)24,17(10,11)12)25(13,19)26/h2*22H,1-12H3/t2*18-,19-,20+,23+,24+,25+/m11/s1. The smallest absolute Gasteiger partial charge is 0.0619 e. The van der Waals surface area contributed by atoms with Gasteiger partial charge in [-0.25, -0.2) is 0 Å². The fraction of sp³-hybridized carbons (Fsp3) is 0.950. The Morgan fingerprint density at radius 3 is 0.827 bits per heavy atom. The van der Waals surface area contributed by atoms with Gasteiger partial charge in [0.15, 0.2) is 0 Å². The van der Waals surface area contributed by atoms with E-state index in [4.69, 9.17) is 23.6 Å². The molecular weight excluding hydrogens is 854 g/mol. The Labute approximate surface area is 344 Å². The molecule has 0 saturated carbocycles. The van der Waals surface area contributed by atoms with E-state index in [0.29, 0.717) is 61.4 Å². The Kier molecular flexibility index (Phi) is 9.25. The first kappa shape index (κ1) is 44.3. The molecule has 296 valence electrons. The molecule has 12 heteroatoms. The molecule has 0 aromatic heterocycles. The van der Waals surface area contributed by atoms with Crippen LogP contribution in [-0.4, -0.2) is 38.9 Å². The van der Waals surface area contributed by atoms with Crippen molar-refractivity contribution in [3.63, 3.8) is 0 Å². The molecule has 12 bridgehead atoms. The quantitative estimate of drug-likeness (QED) is 0.222. The van der Waals surface area contributed by atoms with Crippen molar-refractivity contribution in [1.29, 1.82) is 0 Å². The van der Waals surface area contributed by atoms with Gasteiger partial charge in [-0.1, -0.05) is 223 Å². The van der Waals surface area contributed by atoms with E-state index in [1.165, 1.54) is 16.5 Å². The Morgan fingerprint density at radius 1 is 0.423 bits per heavy atom. The molecule has 0 aromatic rings. The fourth-order valence-corrected chi connectivity index (χ4v) is 136. The van der Waals surface area contributed by atoms with Crippen LogP contribution >= 0.6 is 74.8 Å². The predicted octanol–water partition coefficient (Wildman–Crippen LogP) is 18.6. The monoisotopic (exact) mass is 928 g/mol. The molecule has 10 rings (SSSR count). The molecule has 0 N–H and O–H groups in total. The van der Waals surface area contributed by atoms with Crippen LogP contribution in [0.1, 0.15) is 166 Å². The summed E-state index contributed by atoms with van der Waals surface area (Å²) >= 11 is 14.4. The lowest BCUT2D eigenvalue weighted by molar-refractivity contribution is 0.253. The molecule has 0 radical (unpaired) electrons. The number of hydrogen-bond acceptors (Lipinski definition) is 2. The lowest BCUT2D eigenvalue weighted by atomic mass is 9.78. The molecule has 10 aliphatic heterocycles. The van der Waals surface area contributed by atoms with E-state index in [1.54, 1.807) is 16.4 Å². The Bertz CT molecular complexity index is 1710. The van der Waals surface area contributed by atoms with Gasteiger partial charge in [-0.05, 0) is 83.2 Å². The van der Waals surface area contributed by atoms with E-state index < -0.39 is 12.1 Å². The maximum absolute atomic E-state index is 7.18. The maximum atomic E-state index is 7.18. The van der Waals surface area contributed by atoms with E-state index >= 15 is 0 Å². The minimum atomic E-state index is -1.60. The second-order valence-corrected chi connectivity index (χ2v) is 61.5. The van der Waals surface area contributed by atoms with Gasteiger partial charge in [0.2, 0.25) is 0 Å². The fourth-order valence-electron chi connectivity index (χ4n) is 13.0. The summed E-state index contributed by atoms with van der Waals surface area (Å²) in [6, 6.07) is -3.20. The van der Waals surface area contributed by atoms with Gasteiger partial charge < -0.3 is 0 Å². The summed E-state index contributed by atoms with van der Waals surface area (Å²) in [5.41, 5.74) is 2.68. The van der Waals surface area contributed by atoms with E-state index in [2.05, 4.69) is 166 Å². The normalized spacial score (nSPS) is 51.2. The van der Waals surface area contributed by atoms with Gasteiger partial charge in [0.1, 0.15) is 0 Å². The van der Waals surface area contributed by atoms with Crippen molar-refractivity contribution in [3.8, 4) is 0 Å². The van der Waals surface area contributed by atoms with Crippen molar-refractivity contribution in [2.75, 3.05) is 0 Å². The van der Waals surface area contributed by atoms with E-state index in [9.17, 15) is 0 Å². The van der Waals surface area contributed by atoms with Crippen molar-refractivity contribution in [3.05, 3.63) is 0 Å². The minimum Gasteiger partial charge on any atom is -0.0901 e. The van der Waals surface area contributed by atoms with Gasteiger partial charge in [0.25, 0.3) is 0 Å². The highest BCUT2D eigenvalue weighted by molar-refractivity contribution is 8.83. The average molecular weight is 929 g/mol. The molecule has 14 atom stereocenters. The highest BCUT2D eigenvalue weighted by atomic mass is 32.5. The van der Waals surface area contributed by atoms with E-state index in [0.717, 1.165) is 0 Å². The van der Waals surface area contributed by atoms with Crippen molar-refractivity contribution in [1.82, 2.24) is 0 Å². The lowest BCUT2D eigenvalue weighted by Gasteiger charge is -2.54. The first-order valence-electron chi connectivity index (χ1n) is 19.8. The third-order valence-corrected chi connectivity index (χ3v) is 87.9. The van der Waals surface area contributed by atoms with Crippen molar-refractivity contribution in [2.24, 2.45) is 43.3 Å². The topological polar surface area (TPSA) is 0 Å². The van der Waals surface area contributed by atoms with Crippen molar-refractivity contribution < 1.29 is 0 Å². The molecule has 8 fully saturated rings. The van der Waals surface area contributed by atoms with Crippen LogP contribution in [0.2, 0.25) is 0 Å². The van der Waals surface area contributed by atoms with Crippen LogP contribution in [0.15, 0.2) is 0 Å². The summed E-state index contributed by atoms with van der Waals surface area (Å²) in [4.78, 5) is 1.86. The zero-order valence-corrected chi connectivity index (χ0v) is 48.2. The van der Waals surface area contributed by atoms with Gasteiger partial charge in [0.05, 0.1) is 19.1 Å². The van der Waals surface area contributed by atoms with Crippen LogP contribution in [0.5, 0.6) is 0 Å². The summed E-state index contributed by atoms with van der Waals surface area (Å²) in [6.07, 6.45) is 0. The Morgan fingerprint density at radius 2 is 0.673 bits per heavy atom. The van der Waals surface area contributed by atoms with Crippen LogP contribution in [0.25, 0.3) is 0 Å². The lowest BCUT2D eigenvalue weighted by Crippen LogP contribution is -2.52. The summed E-state index contributed by atoms with van der Waals surface area (Å²) in [6.45, 7) is 61.1. The Balaban J connectivity index is 0.000000162. The molecule has 10 heterocycles. The van der Waals surface area contributed by atoms with Crippen LogP contribution in [-0.2, 0) is 23.6 Å². The van der Waals surface area contributed by atoms with Crippen molar-refractivity contribution >= 4 is 109 Å². The molecule has 2 unspecified atom stereocenters. The highest BCUT2D eigenvalue weighted by Crippen LogP contribution is 3.40. The third-order valence-electron chi connectivity index (χ3n) is 14.2. The average Bonchev–Trinajstić information content (AvgIpc) is 3.24. The largest absolute Gasteiger partial charge is 0.0901 e. The van der Waals surface area contributed by atoms with Gasteiger partial charge in [-0.3, -0.25) is 0 Å². The zero-order valence-electron chi connectivity index (χ0n) is 37.4. The molecule has 0 spiro atoms. The molecule has 10 aliphatic rings. The molecular formula is C40H74P10S2. The van der Waals surface area contributed by atoms with E-state index in [-0.39, 0.29) is 40.6 Å². The Hall–Kier alpha value is 4.22.